The fraction of sp³-hybridized carbons (Fsp3) is 0.238. The van der Waals surface area contributed by atoms with E-state index in [0.29, 0.717) is 24.6 Å². The summed E-state index contributed by atoms with van der Waals surface area (Å²) in [4.78, 5) is 16.6. The number of benzene rings is 2. The van der Waals surface area contributed by atoms with Gasteiger partial charge in [-0.3, -0.25) is 4.79 Å². The first-order valence-corrected chi connectivity index (χ1v) is 9.63. The number of aromatic nitrogens is 1. The van der Waals surface area contributed by atoms with Gasteiger partial charge in [-0.2, -0.15) is 0 Å². The SMILES string of the molecule is CC[C@H](CNC(=O)c1ccc(OCc2cscn2)cc1)c1ccccc1. The van der Waals surface area contributed by atoms with Crippen LogP contribution in [0, 0.1) is 0 Å². The summed E-state index contributed by atoms with van der Waals surface area (Å²) in [6.07, 6.45) is 0.980. The van der Waals surface area contributed by atoms with E-state index < -0.39 is 0 Å². The third-order valence-corrected chi connectivity index (χ3v) is 4.89. The van der Waals surface area contributed by atoms with Crippen molar-refractivity contribution in [2.75, 3.05) is 6.54 Å². The van der Waals surface area contributed by atoms with E-state index in [1.807, 2.05) is 35.7 Å². The number of hydrogen-bond donors (Lipinski definition) is 1. The molecule has 0 unspecified atom stereocenters. The summed E-state index contributed by atoms with van der Waals surface area (Å²) in [6, 6.07) is 17.5. The first-order chi connectivity index (χ1) is 12.8. The molecule has 1 N–H and O–H groups in total. The number of amides is 1. The second-order valence-corrected chi connectivity index (χ2v) is 6.74. The third-order valence-electron chi connectivity index (χ3n) is 4.26. The monoisotopic (exact) mass is 366 g/mol. The minimum absolute atomic E-state index is 0.0644. The van der Waals surface area contributed by atoms with Crippen molar-refractivity contribution in [2.45, 2.75) is 25.9 Å². The molecule has 1 heterocycles. The van der Waals surface area contributed by atoms with Gasteiger partial charge in [0, 0.05) is 23.4 Å². The molecule has 0 radical (unpaired) electrons. The molecule has 1 amide bonds. The number of thiazole rings is 1. The fourth-order valence-corrected chi connectivity index (χ4v) is 3.25. The van der Waals surface area contributed by atoms with Crippen LogP contribution in [0.15, 0.2) is 65.5 Å². The van der Waals surface area contributed by atoms with E-state index in [4.69, 9.17) is 4.74 Å². The van der Waals surface area contributed by atoms with Gasteiger partial charge in [0.05, 0.1) is 11.2 Å². The van der Waals surface area contributed by atoms with Gasteiger partial charge in [0.15, 0.2) is 0 Å². The van der Waals surface area contributed by atoms with E-state index in [9.17, 15) is 4.79 Å². The van der Waals surface area contributed by atoms with Gasteiger partial charge in [0.25, 0.3) is 5.91 Å². The molecule has 0 fully saturated rings. The van der Waals surface area contributed by atoms with Crippen molar-refractivity contribution in [1.82, 2.24) is 10.3 Å². The predicted molar refractivity (Wildman–Crippen MR) is 105 cm³/mol. The van der Waals surface area contributed by atoms with Crippen molar-refractivity contribution in [1.29, 1.82) is 0 Å². The summed E-state index contributed by atoms with van der Waals surface area (Å²) in [7, 11) is 0. The Kier molecular flexibility index (Phi) is 6.39. The molecular formula is C21H22N2O2S. The topological polar surface area (TPSA) is 51.2 Å². The van der Waals surface area contributed by atoms with Crippen LogP contribution in [0.3, 0.4) is 0 Å². The molecule has 2 aromatic carbocycles. The average Bonchev–Trinajstić information content (AvgIpc) is 3.21. The molecule has 4 nitrogen and oxygen atoms in total. The maximum atomic E-state index is 12.4. The second-order valence-electron chi connectivity index (χ2n) is 6.02. The Hall–Kier alpha value is -2.66. The summed E-state index contributed by atoms with van der Waals surface area (Å²) >= 11 is 1.54. The van der Waals surface area contributed by atoms with Crippen LogP contribution >= 0.6 is 11.3 Å². The van der Waals surface area contributed by atoms with Gasteiger partial charge in [0.2, 0.25) is 0 Å². The zero-order valence-corrected chi connectivity index (χ0v) is 15.5. The van der Waals surface area contributed by atoms with Gasteiger partial charge in [-0.1, -0.05) is 37.3 Å². The molecular weight excluding hydrogens is 344 g/mol. The number of ether oxygens (including phenoxy) is 1. The van der Waals surface area contributed by atoms with Gasteiger partial charge >= 0.3 is 0 Å². The Morgan fingerprint density at radius 1 is 1.15 bits per heavy atom. The van der Waals surface area contributed by atoms with Crippen LogP contribution < -0.4 is 10.1 Å². The van der Waals surface area contributed by atoms with Gasteiger partial charge < -0.3 is 10.1 Å². The standard InChI is InChI=1S/C21H22N2O2S/c1-2-16(17-6-4-3-5-7-17)12-22-21(24)18-8-10-20(11-9-18)25-13-19-14-26-15-23-19/h3-11,14-16H,2,12-13H2,1H3,(H,22,24)/t16-/m1/s1. The molecule has 0 saturated carbocycles. The van der Waals surface area contributed by atoms with E-state index in [1.165, 1.54) is 5.56 Å². The van der Waals surface area contributed by atoms with Gasteiger partial charge in [-0.15, -0.1) is 11.3 Å². The molecule has 0 bridgehead atoms. The van der Waals surface area contributed by atoms with Crippen molar-refractivity contribution < 1.29 is 9.53 Å². The number of hydrogen-bond acceptors (Lipinski definition) is 4. The van der Waals surface area contributed by atoms with Gasteiger partial charge in [0.1, 0.15) is 12.4 Å². The third kappa shape index (κ3) is 4.92. The highest BCUT2D eigenvalue weighted by molar-refractivity contribution is 7.07. The molecule has 1 aromatic heterocycles. The summed E-state index contributed by atoms with van der Waals surface area (Å²) in [6.45, 7) is 3.20. The lowest BCUT2D eigenvalue weighted by Crippen LogP contribution is -2.28. The maximum Gasteiger partial charge on any atom is 0.251 e. The van der Waals surface area contributed by atoms with Crippen LogP contribution in [0.2, 0.25) is 0 Å². The van der Waals surface area contributed by atoms with Crippen molar-refractivity contribution in [3.8, 4) is 5.75 Å². The number of rotatable bonds is 8. The Balaban J connectivity index is 1.52. The van der Waals surface area contributed by atoms with E-state index in [2.05, 4.69) is 29.4 Å². The number of carbonyl (C=O) groups is 1. The van der Waals surface area contributed by atoms with Crippen LogP contribution in [0.5, 0.6) is 5.75 Å². The molecule has 0 spiro atoms. The van der Waals surface area contributed by atoms with E-state index in [-0.39, 0.29) is 5.91 Å². The number of nitrogens with one attached hydrogen (secondary N) is 1. The highest BCUT2D eigenvalue weighted by Gasteiger charge is 2.12. The molecule has 1 atom stereocenters. The normalized spacial score (nSPS) is 11.7. The van der Waals surface area contributed by atoms with Crippen LogP contribution in [-0.4, -0.2) is 17.4 Å². The molecule has 0 aliphatic rings. The van der Waals surface area contributed by atoms with Crippen molar-refractivity contribution >= 4 is 17.2 Å². The molecule has 134 valence electrons. The highest BCUT2D eigenvalue weighted by Crippen LogP contribution is 2.19. The van der Waals surface area contributed by atoms with Gasteiger partial charge in [-0.05, 0) is 36.2 Å². The molecule has 26 heavy (non-hydrogen) atoms. The summed E-state index contributed by atoms with van der Waals surface area (Å²) in [5.74, 6) is 0.983. The quantitative estimate of drug-likeness (QED) is 0.631. The molecule has 5 heteroatoms. The van der Waals surface area contributed by atoms with Gasteiger partial charge in [-0.25, -0.2) is 4.98 Å². The molecule has 3 aromatic rings. The predicted octanol–water partition coefficient (Wildman–Crippen LogP) is 4.65. The first kappa shape index (κ1) is 18.1. The zero-order chi connectivity index (χ0) is 18.2. The first-order valence-electron chi connectivity index (χ1n) is 8.69. The average molecular weight is 366 g/mol. The minimum Gasteiger partial charge on any atom is -0.487 e. The van der Waals surface area contributed by atoms with Crippen LogP contribution in [0.25, 0.3) is 0 Å². The largest absolute Gasteiger partial charge is 0.487 e. The summed E-state index contributed by atoms with van der Waals surface area (Å²) in [5.41, 5.74) is 4.57. The Morgan fingerprint density at radius 2 is 1.92 bits per heavy atom. The van der Waals surface area contributed by atoms with E-state index >= 15 is 0 Å². The maximum absolute atomic E-state index is 12.4. The summed E-state index contributed by atoms with van der Waals surface area (Å²) in [5, 5.41) is 4.99. The molecule has 0 aliphatic heterocycles. The number of nitrogens with zero attached hydrogens (tertiary/aromatic N) is 1. The lowest BCUT2D eigenvalue weighted by Gasteiger charge is -2.16. The summed E-state index contributed by atoms with van der Waals surface area (Å²) < 4.78 is 5.67. The Bertz CT molecular complexity index is 802. The lowest BCUT2D eigenvalue weighted by molar-refractivity contribution is 0.0951. The molecule has 0 aliphatic carbocycles. The Labute approximate surface area is 157 Å². The van der Waals surface area contributed by atoms with Crippen molar-refractivity contribution in [3.63, 3.8) is 0 Å². The minimum atomic E-state index is -0.0644. The van der Waals surface area contributed by atoms with Crippen molar-refractivity contribution in [2.24, 2.45) is 0 Å². The van der Waals surface area contributed by atoms with Crippen LogP contribution in [-0.2, 0) is 6.61 Å². The Morgan fingerprint density at radius 3 is 2.58 bits per heavy atom. The fourth-order valence-electron chi connectivity index (χ4n) is 2.71. The molecule has 0 saturated heterocycles. The molecule has 3 rings (SSSR count). The zero-order valence-electron chi connectivity index (χ0n) is 14.7. The highest BCUT2D eigenvalue weighted by atomic mass is 32.1. The van der Waals surface area contributed by atoms with Crippen LogP contribution in [0.4, 0.5) is 0 Å². The van der Waals surface area contributed by atoms with E-state index in [1.54, 1.807) is 29.0 Å². The lowest BCUT2D eigenvalue weighted by atomic mass is 9.96. The smallest absolute Gasteiger partial charge is 0.251 e. The van der Waals surface area contributed by atoms with Crippen LogP contribution in [0.1, 0.15) is 40.9 Å². The number of carbonyl (C=O) groups excluding carboxylic acids is 1. The second kappa shape index (κ2) is 9.15. The van der Waals surface area contributed by atoms with E-state index in [0.717, 1.165) is 17.9 Å². The van der Waals surface area contributed by atoms with Crippen molar-refractivity contribution in [3.05, 3.63) is 82.3 Å².